The van der Waals surface area contributed by atoms with Crippen molar-refractivity contribution < 1.29 is 9.90 Å². The molecular formula is C15H18N4O2. The van der Waals surface area contributed by atoms with Gasteiger partial charge in [-0.2, -0.15) is 0 Å². The zero-order valence-electron chi connectivity index (χ0n) is 12.0. The van der Waals surface area contributed by atoms with Crippen LogP contribution in [0, 0.1) is 6.92 Å². The van der Waals surface area contributed by atoms with Crippen molar-refractivity contribution in [3.63, 3.8) is 0 Å². The highest BCUT2D eigenvalue weighted by atomic mass is 16.3. The standard InChI is InChI=1S/C15H18N4O2/c1-10-4-3-5-11(8-10)13(20)9-17-14-7-6-12(18-19-14)15(21)16-2/h3-8,13,20H,9H2,1-2H3,(H,16,21)(H,17,19). The van der Waals surface area contributed by atoms with Gasteiger partial charge in [0.1, 0.15) is 5.82 Å². The molecule has 0 aliphatic rings. The van der Waals surface area contributed by atoms with Crippen LogP contribution in [0.5, 0.6) is 0 Å². The average Bonchev–Trinajstić information content (AvgIpc) is 2.52. The van der Waals surface area contributed by atoms with Crippen LogP contribution in [0.4, 0.5) is 5.82 Å². The van der Waals surface area contributed by atoms with E-state index in [-0.39, 0.29) is 11.6 Å². The number of hydrogen-bond donors (Lipinski definition) is 3. The van der Waals surface area contributed by atoms with Crippen molar-refractivity contribution in [1.82, 2.24) is 15.5 Å². The number of hydrogen-bond acceptors (Lipinski definition) is 5. The van der Waals surface area contributed by atoms with Crippen LogP contribution < -0.4 is 10.6 Å². The molecule has 0 spiro atoms. The summed E-state index contributed by atoms with van der Waals surface area (Å²) in [6.45, 7) is 2.30. The number of aliphatic hydroxyl groups is 1. The van der Waals surface area contributed by atoms with Crippen molar-refractivity contribution in [2.45, 2.75) is 13.0 Å². The highest BCUT2D eigenvalue weighted by molar-refractivity contribution is 5.91. The Morgan fingerprint density at radius 3 is 2.71 bits per heavy atom. The molecule has 1 amide bonds. The van der Waals surface area contributed by atoms with Crippen molar-refractivity contribution in [2.75, 3.05) is 18.9 Å². The van der Waals surface area contributed by atoms with Crippen LogP contribution in [0.3, 0.4) is 0 Å². The fourth-order valence-electron chi connectivity index (χ4n) is 1.87. The number of carbonyl (C=O) groups is 1. The number of nitrogens with one attached hydrogen (secondary N) is 2. The van der Waals surface area contributed by atoms with E-state index >= 15 is 0 Å². The van der Waals surface area contributed by atoms with Gasteiger partial charge < -0.3 is 15.7 Å². The van der Waals surface area contributed by atoms with Gasteiger partial charge in [0.05, 0.1) is 6.10 Å². The Labute approximate surface area is 123 Å². The van der Waals surface area contributed by atoms with Gasteiger partial charge in [0.2, 0.25) is 0 Å². The lowest BCUT2D eigenvalue weighted by atomic mass is 10.1. The van der Waals surface area contributed by atoms with E-state index in [0.717, 1.165) is 11.1 Å². The number of carbonyl (C=O) groups excluding carboxylic acids is 1. The Kier molecular flexibility index (Phi) is 4.84. The van der Waals surface area contributed by atoms with Gasteiger partial charge in [-0.1, -0.05) is 29.8 Å². The number of aromatic nitrogens is 2. The van der Waals surface area contributed by atoms with Gasteiger partial charge in [-0.25, -0.2) is 0 Å². The molecule has 1 heterocycles. The summed E-state index contributed by atoms with van der Waals surface area (Å²) in [7, 11) is 1.54. The second-order valence-electron chi connectivity index (χ2n) is 4.69. The number of nitrogens with zero attached hydrogens (tertiary/aromatic N) is 2. The number of aliphatic hydroxyl groups excluding tert-OH is 1. The average molecular weight is 286 g/mol. The summed E-state index contributed by atoms with van der Waals surface area (Å²) in [6.07, 6.45) is -0.634. The summed E-state index contributed by atoms with van der Waals surface area (Å²) in [5.41, 5.74) is 2.20. The molecule has 1 atom stereocenters. The first-order valence-electron chi connectivity index (χ1n) is 6.64. The molecule has 21 heavy (non-hydrogen) atoms. The first kappa shape index (κ1) is 14.9. The minimum atomic E-state index is -0.634. The Hall–Kier alpha value is -2.47. The monoisotopic (exact) mass is 286 g/mol. The summed E-state index contributed by atoms with van der Waals surface area (Å²) in [6, 6.07) is 10.9. The first-order chi connectivity index (χ1) is 10.1. The van der Waals surface area contributed by atoms with Crippen LogP contribution in [-0.2, 0) is 0 Å². The number of rotatable bonds is 5. The Balaban J connectivity index is 1.95. The largest absolute Gasteiger partial charge is 0.387 e. The lowest BCUT2D eigenvalue weighted by Crippen LogP contribution is -2.20. The predicted molar refractivity (Wildman–Crippen MR) is 80.1 cm³/mol. The van der Waals surface area contributed by atoms with Crippen molar-refractivity contribution in [2.24, 2.45) is 0 Å². The predicted octanol–water partition coefficient (Wildman–Crippen LogP) is 1.29. The molecule has 0 saturated carbocycles. The minimum Gasteiger partial charge on any atom is -0.387 e. The molecule has 2 aromatic rings. The fourth-order valence-corrected chi connectivity index (χ4v) is 1.87. The van der Waals surface area contributed by atoms with Crippen LogP contribution in [0.1, 0.15) is 27.7 Å². The summed E-state index contributed by atoms with van der Waals surface area (Å²) in [5.74, 6) is 0.225. The first-order valence-corrected chi connectivity index (χ1v) is 6.64. The molecule has 1 aromatic carbocycles. The van der Waals surface area contributed by atoms with Gasteiger partial charge in [0.25, 0.3) is 5.91 Å². The molecule has 0 bridgehead atoms. The van der Waals surface area contributed by atoms with Crippen LogP contribution in [0.15, 0.2) is 36.4 Å². The zero-order chi connectivity index (χ0) is 15.2. The van der Waals surface area contributed by atoms with Gasteiger partial charge >= 0.3 is 0 Å². The molecule has 0 aliphatic carbocycles. The van der Waals surface area contributed by atoms with Gasteiger partial charge in [-0.05, 0) is 24.6 Å². The van der Waals surface area contributed by atoms with E-state index in [1.54, 1.807) is 12.1 Å². The molecular weight excluding hydrogens is 268 g/mol. The topological polar surface area (TPSA) is 87.1 Å². The fraction of sp³-hybridized carbons (Fsp3) is 0.267. The minimum absolute atomic E-state index is 0.252. The molecule has 1 unspecified atom stereocenters. The highest BCUT2D eigenvalue weighted by Crippen LogP contribution is 2.15. The molecule has 3 N–H and O–H groups in total. The van der Waals surface area contributed by atoms with Crippen molar-refractivity contribution >= 4 is 11.7 Å². The van der Waals surface area contributed by atoms with Gasteiger partial charge in [0.15, 0.2) is 5.69 Å². The smallest absolute Gasteiger partial charge is 0.271 e. The normalized spacial score (nSPS) is 11.8. The Morgan fingerprint density at radius 1 is 1.29 bits per heavy atom. The third-order valence-electron chi connectivity index (χ3n) is 3.03. The van der Waals surface area contributed by atoms with E-state index in [9.17, 15) is 9.90 Å². The van der Waals surface area contributed by atoms with E-state index in [0.29, 0.717) is 12.4 Å². The zero-order valence-corrected chi connectivity index (χ0v) is 12.0. The van der Waals surface area contributed by atoms with Crippen LogP contribution in [0.25, 0.3) is 0 Å². The van der Waals surface area contributed by atoms with E-state index < -0.39 is 6.10 Å². The van der Waals surface area contributed by atoms with Gasteiger partial charge in [-0.3, -0.25) is 4.79 Å². The molecule has 110 valence electrons. The molecule has 6 nitrogen and oxygen atoms in total. The SMILES string of the molecule is CNC(=O)c1ccc(NCC(O)c2cccc(C)c2)nn1. The summed E-state index contributed by atoms with van der Waals surface area (Å²) in [4.78, 5) is 11.3. The van der Waals surface area contributed by atoms with Crippen molar-refractivity contribution in [3.8, 4) is 0 Å². The number of amides is 1. The number of aryl methyl sites for hydroxylation is 1. The molecule has 0 aliphatic heterocycles. The Bertz CT molecular complexity index is 613. The van der Waals surface area contributed by atoms with E-state index in [4.69, 9.17) is 0 Å². The Morgan fingerprint density at radius 2 is 2.10 bits per heavy atom. The van der Waals surface area contributed by atoms with Crippen LogP contribution >= 0.6 is 0 Å². The van der Waals surface area contributed by atoms with Crippen LogP contribution in [0.2, 0.25) is 0 Å². The molecule has 1 aromatic heterocycles. The lowest BCUT2D eigenvalue weighted by Gasteiger charge is -2.13. The summed E-state index contributed by atoms with van der Waals surface area (Å²) >= 11 is 0. The second kappa shape index (κ2) is 6.81. The van der Waals surface area contributed by atoms with E-state index in [2.05, 4.69) is 20.8 Å². The molecule has 6 heteroatoms. The van der Waals surface area contributed by atoms with Crippen molar-refractivity contribution in [3.05, 3.63) is 53.2 Å². The molecule has 2 rings (SSSR count). The summed E-state index contributed by atoms with van der Waals surface area (Å²) < 4.78 is 0. The number of anilines is 1. The maximum absolute atomic E-state index is 11.3. The van der Waals surface area contributed by atoms with E-state index in [1.807, 2.05) is 31.2 Å². The highest BCUT2D eigenvalue weighted by Gasteiger charge is 2.09. The molecule has 0 radical (unpaired) electrons. The maximum Gasteiger partial charge on any atom is 0.271 e. The molecule has 0 fully saturated rings. The summed E-state index contributed by atoms with van der Waals surface area (Å²) in [5, 5.41) is 23.3. The van der Waals surface area contributed by atoms with Crippen molar-refractivity contribution in [1.29, 1.82) is 0 Å². The van der Waals surface area contributed by atoms with Crippen LogP contribution in [-0.4, -0.2) is 34.8 Å². The molecule has 0 saturated heterocycles. The lowest BCUT2D eigenvalue weighted by molar-refractivity contribution is 0.0957. The van der Waals surface area contributed by atoms with Gasteiger partial charge in [-0.15, -0.1) is 10.2 Å². The quantitative estimate of drug-likeness (QED) is 0.771. The van der Waals surface area contributed by atoms with Gasteiger partial charge in [0, 0.05) is 13.6 Å². The third kappa shape index (κ3) is 4.00. The third-order valence-corrected chi connectivity index (χ3v) is 3.03. The maximum atomic E-state index is 11.3. The van der Waals surface area contributed by atoms with E-state index in [1.165, 1.54) is 7.05 Å². The second-order valence-corrected chi connectivity index (χ2v) is 4.69. The number of benzene rings is 1.